The Hall–Kier alpha value is -2.18. The zero-order valence-corrected chi connectivity index (χ0v) is 18.9. The van der Waals surface area contributed by atoms with Gasteiger partial charge in [-0.15, -0.1) is 0 Å². The number of piperidine rings is 1. The lowest BCUT2D eigenvalue weighted by Crippen LogP contribution is -2.43. The number of rotatable bonds is 7. The van der Waals surface area contributed by atoms with Gasteiger partial charge in [-0.25, -0.2) is 12.7 Å². The molecule has 162 valence electrons. The Morgan fingerprint density at radius 2 is 1.60 bits per heavy atom. The molecule has 0 spiro atoms. The van der Waals surface area contributed by atoms with Crippen molar-refractivity contribution in [3.8, 4) is 0 Å². The third kappa shape index (κ3) is 5.70. The Balaban J connectivity index is 1.52. The first-order valence-corrected chi connectivity index (χ1v) is 12.3. The van der Waals surface area contributed by atoms with Gasteiger partial charge < -0.3 is 5.32 Å². The van der Waals surface area contributed by atoms with Crippen molar-refractivity contribution >= 4 is 15.9 Å². The summed E-state index contributed by atoms with van der Waals surface area (Å²) in [4.78, 5) is 12.7. The minimum absolute atomic E-state index is 0.00886. The first-order chi connectivity index (χ1) is 14.3. The van der Waals surface area contributed by atoms with Crippen LogP contribution in [0.15, 0.2) is 48.5 Å². The van der Waals surface area contributed by atoms with Gasteiger partial charge in [0.25, 0.3) is 0 Å². The second-order valence-electron chi connectivity index (χ2n) is 8.24. The van der Waals surface area contributed by atoms with Gasteiger partial charge in [0.1, 0.15) is 0 Å². The third-order valence-electron chi connectivity index (χ3n) is 5.93. The highest BCUT2D eigenvalue weighted by Crippen LogP contribution is 2.23. The lowest BCUT2D eigenvalue weighted by atomic mass is 9.96. The molecule has 0 aromatic heterocycles. The van der Waals surface area contributed by atoms with Crippen molar-refractivity contribution in [1.82, 2.24) is 9.62 Å². The molecule has 30 heavy (non-hydrogen) atoms. The summed E-state index contributed by atoms with van der Waals surface area (Å²) in [5, 5.41) is 3.10. The van der Waals surface area contributed by atoms with Gasteiger partial charge in [-0.05, 0) is 49.8 Å². The second kappa shape index (κ2) is 9.75. The standard InChI is InChI=1S/C24H32N2O3S/c1-4-20-9-11-22(12-10-20)19(3)25-24(27)23-13-15-26(16-14-23)30(28,29)17-21-7-5-18(2)6-8-21/h5-12,19,23H,4,13-17H2,1-3H3,(H,25,27)/t19-/m1/s1. The molecule has 0 unspecified atom stereocenters. The van der Waals surface area contributed by atoms with Crippen LogP contribution in [0.25, 0.3) is 0 Å². The number of carbonyl (C=O) groups excluding carboxylic acids is 1. The van der Waals surface area contributed by atoms with Gasteiger partial charge in [-0.2, -0.15) is 0 Å². The maximum absolute atomic E-state index is 12.8. The number of nitrogens with zero attached hydrogens (tertiary/aromatic N) is 1. The quantitative estimate of drug-likeness (QED) is 0.725. The summed E-state index contributed by atoms with van der Waals surface area (Å²) in [5.74, 6) is -0.125. The van der Waals surface area contributed by atoms with E-state index >= 15 is 0 Å². The molecular weight excluding hydrogens is 396 g/mol. The topological polar surface area (TPSA) is 66.5 Å². The maximum Gasteiger partial charge on any atom is 0.223 e. The minimum Gasteiger partial charge on any atom is -0.349 e. The number of benzene rings is 2. The summed E-state index contributed by atoms with van der Waals surface area (Å²) in [7, 11) is -3.37. The molecule has 1 N–H and O–H groups in total. The normalized spacial score (nSPS) is 16.9. The number of sulfonamides is 1. The van der Waals surface area contributed by atoms with Crippen LogP contribution in [-0.2, 0) is 27.0 Å². The van der Waals surface area contributed by atoms with Crippen molar-refractivity contribution in [3.05, 3.63) is 70.8 Å². The SMILES string of the molecule is CCc1ccc([C@@H](C)NC(=O)C2CCN(S(=O)(=O)Cc3ccc(C)cc3)CC2)cc1. The highest BCUT2D eigenvalue weighted by molar-refractivity contribution is 7.88. The summed E-state index contributed by atoms with van der Waals surface area (Å²) in [5.41, 5.74) is 4.26. The lowest BCUT2D eigenvalue weighted by Gasteiger charge is -2.31. The molecule has 3 rings (SSSR count). The molecule has 0 bridgehead atoms. The molecule has 2 aromatic carbocycles. The number of carbonyl (C=O) groups is 1. The van der Waals surface area contributed by atoms with E-state index in [-0.39, 0.29) is 23.6 Å². The van der Waals surface area contributed by atoms with Gasteiger partial charge in [0.2, 0.25) is 15.9 Å². The highest BCUT2D eigenvalue weighted by atomic mass is 32.2. The van der Waals surface area contributed by atoms with Crippen molar-refractivity contribution in [2.75, 3.05) is 13.1 Å². The zero-order chi connectivity index (χ0) is 21.7. The summed E-state index contributed by atoms with van der Waals surface area (Å²) >= 11 is 0. The molecule has 1 fully saturated rings. The summed E-state index contributed by atoms with van der Waals surface area (Å²) < 4.78 is 27.0. The lowest BCUT2D eigenvalue weighted by molar-refractivity contribution is -0.126. The average molecular weight is 429 g/mol. The maximum atomic E-state index is 12.8. The molecular formula is C24H32N2O3S. The van der Waals surface area contributed by atoms with Crippen LogP contribution in [0.1, 0.15) is 55.0 Å². The van der Waals surface area contributed by atoms with Gasteiger partial charge in [-0.1, -0.05) is 61.0 Å². The molecule has 1 amide bonds. The minimum atomic E-state index is -3.37. The first-order valence-electron chi connectivity index (χ1n) is 10.7. The molecule has 1 aliphatic heterocycles. The van der Waals surface area contributed by atoms with Crippen LogP contribution in [-0.4, -0.2) is 31.7 Å². The van der Waals surface area contributed by atoms with Crippen molar-refractivity contribution in [3.63, 3.8) is 0 Å². The van der Waals surface area contributed by atoms with Gasteiger partial charge >= 0.3 is 0 Å². The van der Waals surface area contributed by atoms with Gasteiger partial charge in [-0.3, -0.25) is 4.79 Å². The second-order valence-corrected chi connectivity index (χ2v) is 10.2. The fourth-order valence-corrected chi connectivity index (χ4v) is 5.40. The predicted molar refractivity (Wildman–Crippen MR) is 120 cm³/mol. The number of hydrogen-bond donors (Lipinski definition) is 1. The molecule has 0 saturated carbocycles. The van der Waals surface area contributed by atoms with E-state index in [1.54, 1.807) is 0 Å². The van der Waals surface area contributed by atoms with E-state index in [9.17, 15) is 13.2 Å². The van der Waals surface area contributed by atoms with Crippen LogP contribution in [0.4, 0.5) is 0 Å². The average Bonchev–Trinajstić information content (AvgIpc) is 2.75. The Morgan fingerprint density at radius 3 is 2.17 bits per heavy atom. The Kier molecular flexibility index (Phi) is 7.32. The molecule has 0 radical (unpaired) electrons. The van der Waals surface area contributed by atoms with E-state index in [4.69, 9.17) is 0 Å². The molecule has 5 nitrogen and oxygen atoms in total. The van der Waals surface area contributed by atoms with Gasteiger partial charge in [0.05, 0.1) is 11.8 Å². The fraction of sp³-hybridized carbons (Fsp3) is 0.458. The fourth-order valence-electron chi connectivity index (χ4n) is 3.84. The summed E-state index contributed by atoms with van der Waals surface area (Å²) in [6.45, 7) is 6.88. The Morgan fingerprint density at radius 1 is 1.03 bits per heavy atom. The van der Waals surface area contributed by atoms with Gasteiger partial charge in [0.15, 0.2) is 0 Å². The van der Waals surface area contributed by atoms with Crippen molar-refractivity contribution in [2.24, 2.45) is 5.92 Å². The summed E-state index contributed by atoms with van der Waals surface area (Å²) in [6, 6.07) is 15.8. The van der Waals surface area contributed by atoms with E-state index in [0.717, 1.165) is 23.1 Å². The van der Waals surface area contributed by atoms with Crippen LogP contribution in [0.2, 0.25) is 0 Å². The van der Waals surface area contributed by atoms with Crippen LogP contribution >= 0.6 is 0 Å². The highest BCUT2D eigenvalue weighted by Gasteiger charge is 2.31. The van der Waals surface area contributed by atoms with Crippen molar-refractivity contribution in [2.45, 2.75) is 51.8 Å². The van der Waals surface area contributed by atoms with E-state index in [2.05, 4.69) is 36.5 Å². The van der Waals surface area contributed by atoms with Crippen LogP contribution in [0, 0.1) is 12.8 Å². The van der Waals surface area contributed by atoms with Crippen molar-refractivity contribution in [1.29, 1.82) is 0 Å². The van der Waals surface area contributed by atoms with E-state index in [1.165, 1.54) is 9.87 Å². The number of nitrogens with one attached hydrogen (secondary N) is 1. The van der Waals surface area contributed by atoms with Crippen LogP contribution < -0.4 is 5.32 Å². The number of hydrogen-bond acceptors (Lipinski definition) is 3. The van der Waals surface area contributed by atoms with E-state index in [0.29, 0.717) is 25.9 Å². The predicted octanol–water partition coefficient (Wildman–Crippen LogP) is 3.98. The molecule has 0 aliphatic carbocycles. The Bertz CT molecular complexity index is 945. The first kappa shape index (κ1) is 22.5. The van der Waals surface area contributed by atoms with Gasteiger partial charge in [0, 0.05) is 19.0 Å². The number of amides is 1. The van der Waals surface area contributed by atoms with E-state index < -0.39 is 10.0 Å². The van der Waals surface area contributed by atoms with Crippen LogP contribution in [0.3, 0.4) is 0 Å². The molecule has 6 heteroatoms. The third-order valence-corrected chi connectivity index (χ3v) is 7.78. The smallest absolute Gasteiger partial charge is 0.223 e. The monoisotopic (exact) mass is 428 g/mol. The number of aryl methyl sites for hydroxylation is 2. The Labute approximate surface area is 180 Å². The summed E-state index contributed by atoms with van der Waals surface area (Å²) in [6.07, 6.45) is 2.10. The molecule has 1 heterocycles. The molecule has 1 saturated heterocycles. The zero-order valence-electron chi connectivity index (χ0n) is 18.1. The molecule has 1 aliphatic rings. The van der Waals surface area contributed by atoms with Crippen LogP contribution in [0.5, 0.6) is 0 Å². The molecule has 2 aromatic rings. The molecule has 1 atom stereocenters. The van der Waals surface area contributed by atoms with E-state index in [1.807, 2.05) is 38.1 Å². The largest absolute Gasteiger partial charge is 0.349 e. The van der Waals surface area contributed by atoms with Crippen molar-refractivity contribution < 1.29 is 13.2 Å².